The average Bonchev–Trinajstić information content (AvgIpc) is 3.41. The number of hydrogen-bond donors (Lipinski definition) is 1. The van der Waals surface area contributed by atoms with E-state index in [1.807, 2.05) is 23.8 Å². The fraction of sp³-hybridized carbons (Fsp3) is 0.714. The molecule has 3 unspecified atom stereocenters. The van der Waals surface area contributed by atoms with Gasteiger partial charge in [0.05, 0.1) is 0 Å². The van der Waals surface area contributed by atoms with Crippen LogP contribution >= 0.6 is 0 Å². The zero-order valence-electron chi connectivity index (χ0n) is 17.4. The zero-order chi connectivity index (χ0) is 19.6. The SMILES string of the molecule is CN=C(NCC1CCCN(c2nccn3cnnc23)C1)N1CC2CCCCC2C1. The lowest BCUT2D eigenvalue weighted by atomic mass is 9.82. The highest BCUT2D eigenvalue weighted by Crippen LogP contribution is 2.36. The summed E-state index contributed by atoms with van der Waals surface area (Å²) in [5.41, 5.74) is 0.844. The van der Waals surface area contributed by atoms with E-state index in [4.69, 9.17) is 0 Å². The number of likely N-dealkylation sites (tertiary alicyclic amines) is 1. The molecule has 0 amide bonds. The first-order valence-electron chi connectivity index (χ1n) is 11.2. The minimum absolute atomic E-state index is 0.579. The zero-order valence-corrected chi connectivity index (χ0v) is 17.4. The molecule has 29 heavy (non-hydrogen) atoms. The lowest BCUT2D eigenvalue weighted by molar-refractivity contribution is 0.299. The highest BCUT2D eigenvalue weighted by atomic mass is 15.3. The third kappa shape index (κ3) is 3.76. The minimum atomic E-state index is 0.579. The fourth-order valence-corrected chi connectivity index (χ4v) is 5.54. The monoisotopic (exact) mass is 396 g/mol. The first-order chi connectivity index (χ1) is 14.3. The number of rotatable bonds is 3. The molecule has 4 heterocycles. The normalized spacial score (nSPS) is 28.0. The minimum Gasteiger partial charge on any atom is -0.356 e. The standard InChI is InChI=1S/C21H32N8/c1-22-21(29-13-17-6-2-3-7-18(17)14-29)24-11-16-5-4-9-27(12-16)19-20-26-25-15-28(20)10-8-23-19/h8,10,15-18H,2-7,9,11-14H2,1H3,(H,22,24). The molecule has 3 fully saturated rings. The van der Waals surface area contributed by atoms with Crippen molar-refractivity contribution in [2.45, 2.75) is 38.5 Å². The van der Waals surface area contributed by atoms with Gasteiger partial charge in [0.15, 0.2) is 11.8 Å². The lowest BCUT2D eigenvalue weighted by Crippen LogP contribution is -2.46. The van der Waals surface area contributed by atoms with Crippen LogP contribution < -0.4 is 10.2 Å². The van der Waals surface area contributed by atoms with E-state index in [0.29, 0.717) is 5.92 Å². The van der Waals surface area contributed by atoms with Gasteiger partial charge in [-0.05, 0) is 43.4 Å². The van der Waals surface area contributed by atoms with E-state index in [0.717, 1.165) is 48.9 Å². The summed E-state index contributed by atoms with van der Waals surface area (Å²) in [6, 6.07) is 0. The Morgan fingerprint density at radius 1 is 1.14 bits per heavy atom. The number of nitrogens with zero attached hydrogens (tertiary/aromatic N) is 7. The van der Waals surface area contributed by atoms with Crippen molar-refractivity contribution in [1.82, 2.24) is 29.8 Å². The average molecular weight is 397 g/mol. The molecule has 8 heteroatoms. The second-order valence-corrected chi connectivity index (χ2v) is 8.90. The van der Waals surface area contributed by atoms with Crippen LogP contribution in [-0.2, 0) is 0 Å². The van der Waals surface area contributed by atoms with Crippen molar-refractivity contribution in [3.05, 3.63) is 18.7 Å². The third-order valence-corrected chi connectivity index (χ3v) is 7.05. The number of fused-ring (bicyclic) bond motifs is 2. The van der Waals surface area contributed by atoms with Crippen molar-refractivity contribution in [1.29, 1.82) is 0 Å². The number of anilines is 1. The number of aromatic nitrogens is 4. The van der Waals surface area contributed by atoms with Crippen molar-refractivity contribution < 1.29 is 0 Å². The quantitative estimate of drug-likeness (QED) is 0.632. The molecule has 1 N–H and O–H groups in total. The Morgan fingerprint density at radius 3 is 2.76 bits per heavy atom. The van der Waals surface area contributed by atoms with Crippen LogP contribution in [0.3, 0.4) is 0 Å². The Morgan fingerprint density at radius 2 is 1.97 bits per heavy atom. The van der Waals surface area contributed by atoms with Crippen molar-refractivity contribution >= 4 is 17.4 Å². The van der Waals surface area contributed by atoms with Gasteiger partial charge in [-0.25, -0.2) is 4.98 Å². The number of nitrogens with one attached hydrogen (secondary N) is 1. The van der Waals surface area contributed by atoms with E-state index in [-0.39, 0.29) is 0 Å². The molecule has 0 radical (unpaired) electrons. The van der Waals surface area contributed by atoms with Gasteiger partial charge < -0.3 is 15.1 Å². The van der Waals surface area contributed by atoms with Crippen molar-refractivity contribution in [3.8, 4) is 0 Å². The Labute approximate surface area is 172 Å². The van der Waals surface area contributed by atoms with Crippen LogP contribution in [0.25, 0.3) is 5.65 Å². The molecule has 0 spiro atoms. The van der Waals surface area contributed by atoms with Crippen LogP contribution in [0.15, 0.2) is 23.7 Å². The molecule has 2 aromatic heterocycles. The number of piperidine rings is 1. The van der Waals surface area contributed by atoms with E-state index < -0.39 is 0 Å². The Bertz CT molecular complexity index is 847. The van der Waals surface area contributed by atoms with Gasteiger partial charge in [0.2, 0.25) is 5.65 Å². The van der Waals surface area contributed by atoms with Crippen LogP contribution in [0.2, 0.25) is 0 Å². The number of aliphatic imine (C=N–C) groups is 1. The largest absolute Gasteiger partial charge is 0.356 e. The summed E-state index contributed by atoms with van der Waals surface area (Å²) in [5.74, 6) is 4.37. The summed E-state index contributed by atoms with van der Waals surface area (Å²) < 4.78 is 1.94. The third-order valence-electron chi connectivity index (χ3n) is 7.05. The summed E-state index contributed by atoms with van der Waals surface area (Å²) in [6.07, 6.45) is 13.5. The van der Waals surface area contributed by atoms with Crippen molar-refractivity contribution in [2.75, 3.05) is 44.7 Å². The maximum Gasteiger partial charge on any atom is 0.203 e. The molecule has 3 aliphatic rings. The smallest absolute Gasteiger partial charge is 0.203 e. The van der Waals surface area contributed by atoms with Gasteiger partial charge in [0.1, 0.15) is 6.33 Å². The molecule has 3 atom stereocenters. The van der Waals surface area contributed by atoms with Crippen LogP contribution in [0, 0.1) is 17.8 Å². The molecule has 5 rings (SSSR count). The Balaban J connectivity index is 1.20. The first kappa shape index (κ1) is 18.6. The van der Waals surface area contributed by atoms with Gasteiger partial charge in [-0.1, -0.05) is 12.8 Å². The Kier molecular flexibility index (Phi) is 5.24. The molecule has 1 saturated carbocycles. The van der Waals surface area contributed by atoms with E-state index >= 15 is 0 Å². The van der Waals surface area contributed by atoms with Crippen LogP contribution in [0.4, 0.5) is 5.82 Å². The van der Waals surface area contributed by atoms with Gasteiger partial charge in [-0.2, -0.15) is 0 Å². The fourth-order valence-electron chi connectivity index (χ4n) is 5.54. The van der Waals surface area contributed by atoms with Crippen LogP contribution in [0.1, 0.15) is 38.5 Å². The van der Waals surface area contributed by atoms with Crippen LogP contribution in [-0.4, -0.2) is 70.2 Å². The van der Waals surface area contributed by atoms with Crippen molar-refractivity contribution in [2.24, 2.45) is 22.7 Å². The van der Waals surface area contributed by atoms with E-state index in [1.54, 1.807) is 6.33 Å². The van der Waals surface area contributed by atoms with Crippen LogP contribution in [0.5, 0.6) is 0 Å². The molecule has 8 nitrogen and oxygen atoms in total. The van der Waals surface area contributed by atoms with Gasteiger partial charge in [-0.3, -0.25) is 9.39 Å². The molecule has 0 aromatic carbocycles. The van der Waals surface area contributed by atoms with Gasteiger partial charge in [-0.15, -0.1) is 10.2 Å². The molecular formula is C21H32N8. The maximum absolute atomic E-state index is 4.61. The van der Waals surface area contributed by atoms with E-state index in [1.165, 1.54) is 51.6 Å². The highest BCUT2D eigenvalue weighted by molar-refractivity contribution is 5.80. The van der Waals surface area contributed by atoms with Gasteiger partial charge >= 0.3 is 0 Å². The molecule has 2 aliphatic heterocycles. The van der Waals surface area contributed by atoms with Gasteiger partial charge in [0, 0.05) is 52.2 Å². The summed E-state index contributed by atoms with van der Waals surface area (Å²) in [7, 11) is 1.92. The molecular weight excluding hydrogens is 364 g/mol. The molecule has 2 saturated heterocycles. The predicted octanol–water partition coefficient (Wildman–Crippen LogP) is 2.04. The van der Waals surface area contributed by atoms with Crippen molar-refractivity contribution in [3.63, 3.8) is 0 Å². The maximum atomic E-state index is 4.61. The highest BCUT2D eigenvalue weighted by Gasteiger charge is 2.35. The topological polar surface area (TPSA) is 74.0 Å². The summed E-state index contributed by atoms with van der Waals surface area (Å²) in [4.78, 5) is 14.1. The molecule has 1 aliphatic carbocycles. The summed E-state index contributed by atoms with van der Waals surface area (Å²) in [6.45, 7) is 5.35. The molecule has 156 valence electrons. The van der Waals surface area contributed by atoms with E-state index in [2.05, 4.69) is 35.3 Å². The summed E-state index contributed by atoms with van der Waals surface area (Å²) in [5, 5.41) is 12.0. The summed E-state index contributed by atoms with van der Waals surface area (Å²) >= 11 is 0. The second-order valence-electron chi connectivity index (χ2n) is 8.90. The Hall–Kier alpha value is -2.38. The molecule has 2 aromatic rings. The number of hydrogen-bond acceptors (Lipinski definition) is 5. The second kappa shape index (κ2) is 8.16. The molecule has 0 bridgehead atoms. The van der Waals surface area contributed by atoms with E-state index in [9.17, 15) is 0 Å². The van der Waals surface area contributed by atoms with Gasteiger partial charge in [0.25, 0.3) is 0 Å². The lowest BCUT2D eigenvalue weighted by Gasteiger charge is -2.34. The predicted molar refractivity (Wildman–Crippen MR) is 114 cm³/mol. The first-order valence-corrected chi connectivity index (χ1v) is 11.2. The number of guanidine groups is 1.